The number of rotatable bonds is 14. The van der Waals surface area contributed by atoms with E-state index < -0.39 is 10.9 Å². The maximum atomic E-state index is 13.4. The van der Waals surface area contributed by atoms with Crippen molar-refractivity contribution in [2.75, 3.05) is 63.1 Å². The average Bonchev–Trinajstić information content (AvgIpc) is 3.82. The first-order valence-electron chi connectivity index (χ1n) is 16.9. The van der Waals surface area contributed by atoms with Crippen molar-refractivity contribution in [3.8, 4) is 11.5 Å². The summed E-state index contributed by atoms with van der Waals surface area (Å²) in [5.41, 5.74) is 4.47. The molecule has 51 heavy (non-hydrogen) atoms. The second-order valence-electron chi connectivity index (χ2n) is 13.6. The zero-order valence-electron chi connectivity index (χ0n) is 30.1. The number of pyridine rings is 1. The fraction of sp³-hybridized carbons (Fsp3) is 0.405. The highest BCUT2D eigenvalue weighted by Crippen LogP contribution is 2.57. The van der Waals surface area contributed by atoms with Crippen molar-refractivity contribution < 1.29 is 23.9 Å². The van der Waals surface area contributed by atoms with Crippen LogP contribution in [0.2, 0.25) is 0 Å². The molecule has 0 radical (unpaired) electrons. The normalized spacial score (nSPS) is 14.1. The molecule has 2 aliphatic rings. The Morgan fingerprint density at radius 2 is 1.80 bits per heavy atom. The smallest absolute Gasteiger partial charge is 0.343 e. The molecule has 1 fully saturated rings. The second-order valence-corrected chi connectivity index (χ2v) is 13.6. The highest BCUT2D eigenvalue weighted by molar-refractivity contribution is 5.96. The Hall–Kier alpha value is -5.50. The van der Waals surface area contributed by atoms with Crippen LogP contribution in [0.15, 0.2) is 54.7 Å². The summed E-state index contributed by atoms with van der Waals surface area (Å²) in [7, 11) is 7.03. The maximum absolute atomic E-state index is 13.4. The van der Waals surface area contributed by atoms with Crippen molar-refractivity contribution in [2.45, 2.75) is 51.7 Å². The van der Waals surface area contributed by atoms with E-state index in [0.29, 0.717) is 49.1 Å². The molecule has 3 heterocycles. The van der Waals surface area contributed by atoms with Gasteiger partial charge in [-0.3, -0.25) is 15.1 Å². The van der Waals surface area contributed by atoms with Gasteiger partial charge in [-0.05, 0) is 77.5 Å². The predicted molar refractivity (Wildman–Crippen MR) is 195 cm³/mol. The molecule has 6 rings (SSSR count). The van der Waals surface area contributed by atoms with E-state index in [1.807, 2.05) is 72.1 Å². The first kappa shape index (κ1) is 35.3. The number of benzene rings is 2. The first-order valence-corrected chi connectivity index (χ1v) is 16.9. The SMILES string of the molecule is COc1ccc(CN(CCN(C)C)c2cc(OC)c(Nc3ncc(C(=O)OC(C)C)c(N4CC5(CC5)c5nc(C)ccc54)n3)cc2[N+](=O)[O-])cc1. The van der Waals surface area contributed by atoms with E-state index in [1.165, 1.54) is 19.4 Å². The number of carbonyl (C=O) groups excluding carboxylic acids is 1. The van der Waals surface area contributed by atoms with Gasteiger partial charge in [0.15, 0.2) is 5.82 Å². The first-order chi connectivity index (χ1) is 24.4. The van der Waals surface area contributed by atoms with Crippen LogP contribution in [0.25, 0.3) is 0 Å². The van der Waals surface area contributed by atoms with Gasteiger partial charge in [-0.1, -0.05) is 12.1 Å². The van der Waals surface area contributed by atoms with E-state index in [-0.39, 0.29) is 28.7 Å². The summed E-state index contributed by atoms with van der Waals surface area (Å²) in [5.74, 6) is 1.04. The van der Waals surface area contributed by atoms with Crippen LogP contribution in [-0.4, -0.2) is 84.8 Å². The Morgan fingerprint density at radius 3 is 2.43 bits per heavy atom. The quantitative estimate of drug-likeness (QED) is 0.0912. The number of aromatic nitrogens is 3. The molecule has 4 aromatic rings. The minimum absolute atomic E-state index is 0.0942. The van der Waals surface area contributed by atoms with Gasteiger partial charge < -0.3 is 34.2 Å². The molecule has 14 nitrogen and oxygen atoms in total. The van der Waals surface area contributed by atoms with E-state index in [4.69, 9.17) is 24.2 Å². The third-order valence-electron chi connectivity index (χ3n) is 9.14. The van der Waals surface area contributed by atoms with Gasteiger partial charge in [-0.25, -0.2) is 9.78 Å². The molecule has 1 spiro atoms. The number of nitrogens with zero attached hydrogens (tertiary/aromatic N) is 7. The number of hydrogen-bond donors (Lipinski definition) is 1. The van der Waals surface area contributed by atoms with Crippen LogP contribution in [0.3, 0.4) is 0 Å². The fourth-order valence-electron chi connectivity index (χ4n) is 6.32. The van der Waals surface area contributed by atoms with Crippen LogP contribution in [0, 0.1) is 17.0 Å². The topological polar surface area (TPSA) is 148 Å². The molecule has 0 bridgehead atoms. The van der Waals surface area contributed by atoms with E-state index in [2.05, 4.69) is 10.3 Å². The third-order valence-corrected chi connectivity index (χ3v) is 9.14. The lowest BCUT2D eigenvalue weighted by molar-refractivity contribution is -0.384. The van der Waals surface area contributed by atoms with Gasteiger partial charge in [0.1, 0.15) is 22.7 Å². The highest BCUT2D eigenvalue weighted by Gasteiger charge is 2.54. The molecule has 0 unspecified atom stereocenters. The molecule has 268 valence electrons. The van der Waals surface area contributed by atoms with Gasteiger partial charge in [0, 0.05) is 55.6 Å². The monoisotopic (exact) mass is 696 g/mol. The molecule has 2 aromatic carbocycles. The average molecular weight is 697 g/mol. The molecular formula is C37H44N8O6. The van der Waals surface area contributed by atoms with E-state index in [0.717, 1.165) is 41.2 Å². The Balaban J connectivity index is 1.39. The third kappa shape index (κ3) is 7.50. The lowest BCUT2D eigenvalue weighted by Crippen LogP contribution is -2.32. The number of aryl methyl sites for hydroxylation is 1. The zero-order valence-corrected chi connectivity index (χ0v) is 30.1. The van der Waals surface area contributed by atoms with Crippen molar-refractivity contribution >= 4 is 40.5 Å². The van der Waals surface area contributed by atoms with Crippen LogP contribution in [0.1, 0.15) is 54.0 Å². The number of carbonyl (C=O) groups is 1. The fourth-order valence-corrected chi connectivity index (χ4v) is 6.32. The van der Waals surface area contributed by atoms with Crippen molar-refractivity contribution in [1.82, 2.24) is 19.9 Å². The van der Waals surface area contributed by atoms with Crippen LogP contribution in [0.5, 0.6) is 11.5 Å². The molecule has 0 atom stereocenters. The molecule has 0 amide bonds. The van der Waals surface area contributed by atoms with Crippen molar-refractivity contribution in [2.24, 2.45) is 0 Å². The minimum atomic E-state index is -0.544. The van der Waals surface area contributed by atoms with Gasteiger partial charge in [0.25, 0.3) is 5.69 Å². The number of methoxy groups -OCH3 is 2. The molecule has 1 aliphatic carbocycles. The largest absolute Gasteiger partial charge is 0.497 e. The van der Waals surface area contributed by atoms with E-state index in [9.17, 15) is 14.9 Å². The van der Waals surface area contributed by atoms with Gasteiger partial charge in [-0.15, -0.1) is 0 Å². The molecule has 0 saturated heterocycles. The lowest BCUT2D eigenvalue weighted by Gasteiger charge is -2.27. The standard InChI is InChI=1S/C37H44N8O6/c1-23(2)51-35(46)27-20-38-36(41-34(27)44-22-37(14-15-37)33-29(44)13-8-24(3)39-33)40-28-18-31(45(47)48)30(19-32(28)50-7)43(17-16-42(4)5)21-25-9-11-26(49-6)12-10-25/h8-13,18-20,23H,14-17,21-22H2,1-7H3,(H,38,40,41). The summed E-state index contributed by atoms with van der Waals surface area (Å²) in [6.07, 6.45) is 3.07. The zero-order chi connectivity index (χ0) is 36.4. The number of nitro groups is 1. The predicted octanol–water partition coefficient (Wildman–Crippen LogP) is 6.17. The molecular weight excluding hydrogens is 652 g/mol. The number of esters is 1. The number of nitrogens with one attached hydrogen (secondary N) is 1. The molecule has 1 aliphatic heterocycles. The van der Waals surface area contributed by atoms with Crippen LogP contribution < -0.4 is 24.6 Å². The number of anilines is 5. The lowest BCUT2D eigenvalue weighted by atomic mass is 10.0. The van der Waals surface area contributed by atoms with Gasteiger partial charge in [0.2, 0.25) is 5.95 Å². The number of likely N-dealkylation sites (N-methyl/N-ethyl adjacent to an activating group) is 1. The van der Waals surface area contributed by atoms with E-state index >= 15 is 0 Å². The minimum Gasteiger partial charge on any atom is -0.497 e. The summed E-state index contributed by atoms with van der Waals surface area (Å²) in [5, 5.41) is 15.8. The Bertz CT molecular complexity index is 1930. The van der Waals surface area contributed by atoms with Crippen LogP contribution >= 0.6 is 0 Å². The summed E-state index contributed by atoms with van der Waals surface area (Å²) in [6.45, 7) is 7.74. The number of nitro benzene ring substituents is 1. The molecule has 14 heteroatoms. The Labute approximate surface area is 297 Å². The Kier molecular flexibility index (Phi) is 9.97. The summed E-state index contributed by atoms with van der Waals surface area (Å²) < 4.78 is 16.7. The van der Waals surface area contributed by atoms with Gasteiger partial charge in [0.05, 0.1) is 42.3 Å². The van der Waals surface area contributed by atoms with Crippen molar-refractivity contribution in [3.05, 3.63) is 87.4 Å². The molecule has 1 N–H and O–H groups in total. The number of hydrogen-bond acceptors (Lipinski definition) is 13. The summed E-state index contributed by atoms with van der Waals surface area (Å²) in [4.78, 5) is 45.8. The van der Waals surface area contributed by atoms with Crippen molar-refractivity contribution in [1.29, 1.82) is 0 Å². The molecule has 2 aromatic heterocycles. The number of ether oxygens (including phenoxy) is 3. The second kappa shape index (κ2) is 14.4. The maximum Gasteiger partial charge on any atom is 0.343 e. The summed E-state index contributed by atoms with van der Waals surface area (Å²) >= 11 is 0. The van der Waals surface area contributed by atoms with Crippen molar-refractivity contribution in [3.63, 3.8) is 0 Å². The van der Waals surface area contributed by atoms with Crippen LogP contribution in [-0.2, 0) is 16.7 Å². The Morgan fingerprint density at radius 1 is 1.06 bits per heavy atom. The van der Waals surface area contributed by atoms with Gasteiger partial charge in [-0.2, -0.15) is 4.98 Å². The summed E-state index contributed by atoms with van der Waals surface area (Å²) in [6, 6.07) is 14.7. The van der Waals surface area contributed by atoms with E-state index in [1.54, 1.807) is 27.0 Å². The number of fused-ring (bicyclic) bond motifs is 2. The van der Waals surface area contributed by atoms with Gasteiger partial charge >= 0.3 is 5.97 Å². The highest BCUT2D eigenvalue weighted by atomic mass is 16.6. The van der Waals surface area contributed by atoms with Crippen LogP contribution in [0.4, 0.5) is 34.5 Å². The molecule has 1 saturated carbocycles.